The highest BCUT2D eigenvalue weighted by atomic mass is 19.1. The molecular weight excluding hydrogens is 293 g/mol. The molecule has 4 heteroatoms. The lowest BCUT2D eigenvalue weighted by molar-refractivity contribution is 0.0937. The van der Waals surface area contributed by atoms with E-state index in [9.17, 15) is 9.18 Å². The second-order valence-corrected chi connectivity index (χ2v) is 5.32. The summed E-state index contributed by atoms with van der Waals surface area (Å²) in [6.45, 7) is 6.62. The van der Waals surface area contributed by atoms with Gasteiger partial charge in [-0.05, 0) is 55.1 Å². The van der Waals surface area contributed by atoms with Gasteiger partial charge >= 0.3 is 0 Å². The summed E-state index contributed by atoms with van der Waals surface area (Å²) in [4.78, 5) is 14.3. The smallest absolute Gasteiger partial charge is 0.176 e. The van der Waals surface area contributed by atoms with Crippen LogP contribution in [0.25, 0.3) is 0 Å². The number of hydrogen-bond donors (Lipinski definition) is 0. The van der Waals surface area contributed by atoms with Gasteiger partial charge in [-0.25, -0.2) is 4.39 Å². The number of nitrogens with zero attached hydrogens (tertiary/aromatic N) is 1. The molecule has 0 aromatic heterocycles. The second kappa shape index (κ2) is 8.44. The zero-order valence-corrected chi connectivity index (χ0v) is 13.6. The van der Waals surface area contributed by atoms with E-state index < -0.39 is 0 Å². The summed E-state index contributed by atoms with van der Waals surface area (Å²) in [5, 5.41) is 0. The number of Topliss-reactive ketones (excluding diaryl/α,β-unsaturated/α-hetero) is 1. The molecule has 0 unspecified atom stereocenters. The van der Waals surface area contributed by atoms with Gasteiger partial charge < -0.3 is 4.74 Å². The fraction of sp³-hybridized carbons (Fsp3) is 0.316. The Morgan fingerprint density at radius 2 is 1.61 bits per heavy atom. The molecule has 0 fully saturated rings. The summed E-state index contributed by atoms with van der Waals surface area (Å²) in [7, 11) is 0. The summed E-state index contributed by atoms with van der Waals surface area (Å²) in [6, 6.07) is 13.4. The standard InChI is InChI=1S/C19H22FNO2/c1-3-21(4-2)13-19(22)16-7-11-18(12-8-16)23-14-15-5-9-17(20)10-6-15/h5-12H,3-4,13-14H2,1-2H3. The van der Waals surface area contributed by atoms with Gasteiger partial charge in [0.05, 0.1) is 6.54 Å². The van der Waals surface area contributed by atoms with Gasteiger partial charge in [-0.15, -0.1) is 0 Å². The van der Waals surface area contributed by atoms with Gasteiger partial charge in [0.2, 0.25) is 0 Å². The predicted molar refractivity (Wildman–Crippen MR) is 89.3 cm³/mol. The molecule has 0 radical (unpaired) electrons. The highest BCUT2D eigenvalue weighted by molar-refractivity contribution is 5.97. The van der Waals surface area contributed by atoms with Gasteiger partial charge in [0.1, 0.15) is 18.2 Å². The normalized spacial score (nSPS) is 10.8. The quantitative estimate of drug-likeness (QED) is 0.691. The Labute approximate surface area is 136 Å². The molecule has 0 aliphatic carbocycles. The van der Waals surface area contributed by atoms with E-state index in [-0.39, 0.29) is 11.6 Å². The summed E-state index contributed by atoms with van der Waals surface area (Å²) >= 11 is 0. The van der Waals surface area contributed by atoms with Gasteiger partial charge in [0.15, 0.2) is 5.78 Å². The van der Waals surface area contributed by atoms with Crippen LogP contribution in [0.4, 0.5) is 4.39 Å². The highest BCUT2D eigenvalue weighted by Crippen LogP contribution is 2.15. The van der Waals surface area contributed by atoms with E-state index in [1.54, 1.807) is 36.4 Å². The first kappa shape index (κ1) is 17.2. The Morgan fingerprint density at radius 3 is 2.17 bits per heavy atom. The molecule has 2 aromatic carbocycles. The summed E-state index contributed by atoms with van der Waals surface area (Å²) in [5.74, 6) is 0.539. The molecule has 0 saturated heterocycles. The molecule has 0 aliphatic heterocycles. The molecule has 0 amide bonds. The van der Waals surface area contributed by atoms with E-state index in [1.165, 1.54) is 12.1 Å². The van der Waals surface area contributed by atoms with E-state index in [4.69, 9.17) is 4.74 Å². The van der Waals surface area contributed by atoms with Crippen LogP contribution < -0.4 is 4.74 Å². The molecule has 0 atom stereocenters. The minimum Gasteiger partial charge on any atom is -0.489 e. The number of rotatable bonds is 8. The fourth-order valence-electron chi connectivity index (χ4n) is 2.23. The van der Waals surface area contributed by atoms with Crippen LogP contribution >= 0.6 is 0 Å². The molecule has 0 aliphatic rings. The van der Waals surface area contributed by atoms with Gasteiger partial charge in [-0.1, -0.05) is 26.0 Å². The minimum absolute atomic E-state index is 0.110. The molecule has 0 saturated carbocycles. The number of benzene rings is 2. The van der Waals surface area contributed by atoms with E-state index in [0.717, 1.165) is 18.7 Å². The number of ether oxygens (including phenoxy) is 1. The zero-order valence-electron chi connectivity index (χ0n) is 13.6. The van der Waals surface area contributed by atoms with Crippen LogP contribution in [0.5, 0.6) is 5.75 Å². The van der Waals surface area contributed by atoms with Crippen molar-refractivity contribution in [3.8, 4) is 5.75 Å². The minimum atomic E-state index is -0.259. The maximum absolute atomic E-state index is 12.8. The molecular formula is C19H22FNO2. The number of carbonyl (C=O) groups excluding carboxylic acids is 1. The average Bonchev–Trinajstić information content (AvgIpc) is 2.59. The average molecular weight is 315 g/mol. The number of carbonyl (C=O) groups is 1. The predicted octanol–water partition coefficient (Wildman–Crippen LogP) is 3.93. The Morgan fingerprint density at radius 1 is 1.00 bits per heavy atom. The van der Waals surface area contributed by atoms with Crippen molar-refractivity contribution in [2.75, 3.05) is 19.6 Å². The summed E-state index contributed by atoms with van der Waals surface area (Å²) in [6.07, 6.45) is 0. The third-order valence-corrected chi connectivity index (χ3v) is 3.76. The van der Waals surface area contributed by atoms with E-state index in [2.05, 4.69) is 4.90 Å². The van der Waals surface area contributed by atoms with Crippen LogP contribution in [0.2, 0.25) is 0 Å². The summed E-state index contributed by atoms with van der Waals surface area (Å²) < 4.78 is 18.5. The van der Waals surface area contributed by atoms with Crippen LogP contribution in [0, 0.1) is 5.82 Å². The van der Waals surface area contributed by atoms with Crippen molar-refractivity contribution in [2.45, 2.75) is 20.5 Å². The van der Waals surface area contributed by atoms with E-state index in [0.29, 0.717) is 24.5 Å². The zero-order chi connectivity index (χ0) is 16.7. The van der Waals surface area contributed by atoms with Crippen molar-refractivity contribution in [3.05, 3.63) is 65.5 Å². The molecule has 0 heterocycles. The maximum atomic E-state index is 12.8. The van der Waals surface area contributed by atoms with E-state index in [1.807, 2.05) is 13.8 Å². The number of likely N-dealkylation sites (N-methyl/N-ethyl adjacent to an activating group) is 1. The second-order valence-electron chi connectivity index (χ2n) is 5.32. The highest BCUT2D eigenvalue weighted by Gasteiger charge is 2.10. The maximum Gasteiger partial charge on any atom is 0.176 e. The van der Waals surface area contributed by atoms with Crippen molar-refractivity contribution in [1.29, 1.82) is 0 Å². The first-order valence-corrected chi connectivity index (χ1v) is 7.85. The Balaban J connectivity index is 1.91. The van der Waals surface area contributed by atoms with Crippen molar-refractivity contribution in [2.24, 2.45) is 0 Å². The van der Waals surface area contributed by atoms with Crippen LogP contribution in [-0.2, 0) is 6.61 Å². The van der Waals surface area contributed by atoms with Crippen molar-refractivity contribution in [3.63, 3.8) is 0 Å². The molecule has 3 nitrogen and oxygen atoms in total. The van der Waals surface area contributed by atoms with Gasteiger partial charge in [0.25, 0.3) is 0 Å². The Bertz CT molecular complexity index is 619. The molecule has 0 spiro atoms. The first-order chi connectivity index (χ1) is 11.1. The Hall–Kier alpha value is -2.20. The van der Waals surface area contributed by atoms with Crippen LogP contribution in [0.3, 0.4) is 0 Å². The number of hydrogen-bond acceptors (Lipinski definition) is 3. The first-order valence-electron chi connectivity index (χ1n) is 7.85. The topological polar surface area (TPSA) is 29.5 Å². The van der Waals surface area contributed by atoms with Crippen molar-refractivity contribution < 1.29 is 13.9 Å². The van der Waals surface area contributed by atoms with Gasteiger partial charge in [-0.3, -0.25) is 9.69 Å². The molecule has 0 bridgehead atoms. The van der Waals surface area contributed by atoms with Gasteiger partial charge in [-0.2, -0.15) is 0 Å². The van der Waals surface area contributed by atoms with Crippen LogP contribution in [0.1, 0.15) is 29.8 Å². The van der Waals surface area contributed by atoms with Gasteiger partial charge in [0, 0.05) is 5.56 Å². The molecule has 2 rings (SSSR count). The number of ketones is 1. The molecule has 2 aromatic rings. The van der Waals surface area contributed by atoms with Crippen molar-refractivity contribution >= 4 is 5.78 Å². The lowest BCUT2D eigenvalue weighted by Gasteiger charge is -2.16. The fourth-order valence-corrected chi connectivity index (χ4v) is 2.23. The third-order valence-electron chi connectivity index (χ3n) is 3.76. The van der Waals surface area contributed by atoms with Crippen LogP contribution in [-0.4, -0.2) is 30.3 Å². The molecule has 0 N–H and O–H groups in total. The molecule has 23 heavy (non-hydrogen) atoms. The molecule has 122 valence electrons. The third kappa shape index (κ3) is 5.18. The number of halogens is 1. The van der Waals surface area contributed by atoms with E-state index >= 15 is 0 Å². The Kier molecular flexibility index (Phi) is 6.29. The van der Waals surface area contributed by atoms with Crippen LogP contribution in [0.15, 0.2) is 48.5 Å². The SMILES string of the molecule is CCN(CC)CC(=O)c1ccc(OCc2ccc(F)cc2)cc1. The lowest BCUT2D eigenvalue weighted by atomic mass is 10.1. The summed E-state index contributed by atoms with van der Waals surface area (Å²) in [5.41, 5.74) is 1.58. The monoisotopic (exact) mass is 315 g/mol. The lowest BCUT2D eigenvalue weighted by Crippen LogP contribution is -2.29. The van der Waals surface area contributed by atoms with Crippen molar-refractivity contribution in [1.82, 2.24) is 4.90 Å². The largest absolute Gasteiger partial charge is 0.489 e.